The molecule has 2 amide bonds. The van der Waals surface area contributed by atoms with E-state index in [1.54, 1.807) is 43.3 Å². The summed E-state index contributed by atoms with van der Waals surface area (Å²) in [6.45, 7) is 3.28. The van der Waals surface area contributed by atoms with Crippen molar-refractivity contribution in [3.8, 4) is 5.69 Å². The van der Waals surface area contributed by atoms with Crippen molar-refractivity contribution in [3.63, 3.8) is 0 Å². The van der Waals surface area contributed by atoms with Crippen molar-refractivity contribution in [2.75, 3.05) is 17.2 Å². The van der Waals surface area contributed by atoms with Crippen molar-refractivity contribution in [3.05, 3.63) is 71.9 Å². The second kappa shape index (κ2) is 8.83. The summed E-state index contributed by atoms with van der Waals surface area (Å²) >= 11 is 0. The Kier molecular flexibility index (Phi) is 6.03. The lowest BCUT2D eigenvalue weighted by Gasteiger charge is -2.12. The van der Waals surface area contributed by atoms with Gasteiger partial charge in [-0.05, 0) is 37.3 Å². The van der Waals surface area contributed by atoms with Crippen molar-refractivity contribution in [1.82, 2.24) is 9.78 Å². The summed E-state index contributed by atoms with van der Waals surface area (Å²) in [5.41, 5.74) is 1.62. The number of carbonyl (C=O) groups excluding carboxylic acids is 3. The number of para-hydroxylation sites is 1. The molecule has 0 saturated heterocycles. The molecule has 0 spiro atoms. The van der Waals surface area contributed by atoms with Crippen molar-refractivity contribution in [1.29, 1.82) is 0 Å². The average molecular weight is 392 g/mol. The fraction of sp³-hybridized carbons (Fsp3) is 0.143. The molecule has 29 heavy (non-hydrogen) atoms. The van der Waals surface area contributed by atoms with Gasteiger partial charge in [0.25, 0.3) is 5.91 Å². The zero-order valence-electron chi connectivity index (χ0n) is 16.0. The number of hydrogen-bond acceptors (Lipinski definition) is 5. The minimum Gasteiger partial charge on any atom is -0.462 e. The summed E-state index contributed by atoms with van der Waals surface area (Å²) in [6.07, 6.45) is 1.36. The number of carbonyl (C=O) groups is 3. The van der Waals surface area contributed by atoms with E-state index in [1.165, 1.54) is 17.8 Å². The third kappa shape index (κ3) is 4.67. The predicted octanol–water partition coefficient (Wildman–Crippen LogP) is 3.26. The Morgan fingerprint density at radius 1 is 1.03 bits per heavy atom. The van der Waals surface area contributed by atoms with Crippen LogP contribution < -0.4 is 10.6 Å². The minimum absolute atomic E-state index is 0.141. The van der Waals surface area contributed by atoms with Gasteiger partial charge in [-0.25, -0.2) is 9.48 Å². The molecule has 2 N–H and O–H groups in total. The molecule has 148 valence electrons. The van der Waals surface area contributed by atoms with E-state index in [1.807, 2.05) is 18.2 Å². The lowest BCUT2D eigenvalue weighted by molar-refractivity contribution is -0.114. The highest BCUT2D eigenvalue weighted by molar-refractivity contribution is 6.08. The van der Waals surface area contributed by atoms with E-state index < -0.39 is 11.9 Å². The van der Waals surface area contributed by atoms with Gasteiger partial charge in [0.1, 0.15) is 5.56 Å². The van der Waals surface area contributed by atoms with Crippen LogP contribution in [0.2, 0.25) is 0 Å². The Bertz CT molecular complexity index is 1040. The zero-order chi connectivity index (χ0) is 20.8. The molecule has 0 aliphatic rings. The van der Waals surface area contributed by atoms with E-state index in [0.717, 1.165) is 0 Å². The number of benzene rings is 2. The first-order valence-corrected chi connectivity index (χ1v) is 8.99. The van der Waals surface area contributed by atoms with Crippen LogP contribution >= 0.6 is 0 Å². The number of esters is 1. The lowest BCUT2D eigenvalue weighted by atomic mass is 10.2. The standard InChI is InChI=1S/C21H20N4O4/c1-3-29-21(28)18-13-22-25(17-10-5-4-6-11-17)19(18)24-20(27)15-8-7-9-16(12-15)23-14(2)26/h4-13H,3H2,1-2H3,(H,23,26)(H,24,27). The topological polar surface area (TPSA) is 102 Å². The van der Waals surface area contributed by atoms with Crippen LogP contribution in [0, 0.1) is 0 Å². The van der Waals surface area contributed by atoms with Crippen molar-refractivity contribution < 1.29 is 19.1 Å². The van der Waals surface area contributed by atoms with E-state index in [4.69, 9.17) is 4.74 Å². The summed E-state index contributed by atoms with van der Waals surface area (Å²) in [6, 6.07) is 15.6. The van der Waals surface area contributed by atoms with Crippen LogP contribution in [0.25, 0.3) is 5.69 Å². The molecule has 0 fully saturated rings. The second-order valence-corrected chi connectivity index (χ2v) is 6.09. The Morgan fingerprint density at radius 3 is 2.48 bits per heavy atom. The van der Waals surface area contributed by atoms with Gasteiger partial charge in [0.2, 0.25) is 5.91 Å². The highest BCUT2D eigenvalue weighted by atomic mass is 16.5. The molecule has 0 unspecified atom stereocenters. The van der Waals surface area contributed by atoms with Crippen LogP contribution in [0.4, 0.5) is 11.5 Å². The molecular formula is C21H20N4O4. The maximum Gasteiger partial charge on any atom is 0.343 e. The molecule has 0 bridgehead atoms. The van der Waals surface area contributed by atoms with Gasteiger partial charge in [-0.1, -0.05) is 24.3 Å². The van der Waals surface area contributed by atoms with Crippen LogP contribution in [0.15, 0.2) is 60.8 Å². The third-order valence-electron chi connectivity index (χ3n) is 3.94. The Labute approximate surface area is 167 Å². The number of hydrogen-bond donors (Lipinski definition) is 2. The van der Waals surface area contributed by atoms with E-state index in [-0.39, 0.29) is 23.9 Å². The Hall–Kier alpha value is -3.94. The minimum atomic E-state index is -0.586. The number of amides is 2. The molecule has 8 nitrogen and oxygen atoms in total. The molecule has 8 heteroatoms. The summed E-state index contributed by atoms with van der Waals surface area (Å²) in [7, 11) is 0. The van der Waals surface area contributed by atoms with Gasteiger partial charge in [-0.2, -0.15) is 5.10 Å². The smallest absolute Gasteiger partial charge is 0.343 e. The van der Waals surface area contributed by atoms with E-state index in [0.29, 0.717) is 16.9 Å². The van der Waals surface area contributed by atoms with Gasteiger partial charge in [0.15, 0.2) is 5.82 Å². The summed E-state index contributed by atoms with van der Waals surface area (Å²) < 4.78 is 6.54. The number of nitrogens with one attached hydrogen (secondary N) is 2. The fourth-order valence-corrected chi connectivity index (χ4v) is 2.71. The molecule has 0 atom stereocenters. The molecule has 3 aromatic rings. The molecule has 0 saturated carbocycles. The highest BCUT2D eigenvalue weighted by Gasteiger charge is 2.22. The lowest BCUT2D eigenvalue weighted by Crippen LogP contribution is -2.18. The monoisotopic (exact) mass is 392 g/mol. The number of aromatic nitrogens is 2. The van der Waals surface area contributed by atoms with Gasteiger partial charge < -0.3 is 15.4 Å². The third-order valence-corrected chi connectivity index (χ3v) is 3.94. The summed E-state index contributed by atoms with van der Waals surface area (Å²) in [4.78, 5) is 36.4. The van der Waals surface area contributed by atoms with Crippen molar-refractivity contribution in [2.45, 2.75) is 13.8 Å². The summed E-state index contributed by atoms with van der Waals surface area (Å²) in [5.74, 6) is -1.09. The zero-order valence-corrected chi connectivity index (χ0v) is 16.0. The molecule has 2 aromatic carbocycles. The first-order chi connectivity index (χ1) is 14.0. The average Bonchev–Trinajstić information content (AvgIpc) is 3.12. The predicted molar refractivity (Wildman–Crippen MR) is 108 cm³/mol. The normalized spacial score (nSPS) is 10.3. The quantitative estimate of drug-likeness (QED) is 0.627. The number of nitrogens with zero attached hydrogens (tertiary/aromatic N) is 2. The van der Waals surface area contributed by atoms with Crippen molar-refractivity contribution in [2.24, 2.45) is 0 Å². The van der Waals surface area contributed by atoms with Gasteiger partial charge in [0.05, 0.1) is 18.5 Å². The molecule has 0 aliphatic carbocycles. The van der Waals surface area contributed by atoms with Gasteiger partial charge in [0, 0.05) is 18.2 Å². The Balaban J connectivity index is 1.96. The fourth-order valence-electron chi connectivity index (χ4n) is 2.71. The van der Waals surface area contributed by atoms with Crippen LogP contribution in [0.1, 0.15) is 34.6 Å². The highest BCUT2D eigenvalue weighted by Crippen LogP contribution is 2.22. The molecule has 3 rings (SSSR count). The van der Waals surface area contributed by atoms with E-state index in [2.05, 4.69) is 15.7 Å². The largest absolute Gasteiger partial charge is 0.462 e. The first kappa shape index (κ1) is 19.8. The van der Waals surface area contributed by atoms with Crippen LogP contribution in [0.5, 0.6) is 0 Å². The molecule has 1 aromatic heterocycles. The van der Waals surface area contributed by atoms with E-state index >= 15 is 0 Å². The Morgan fingerprint density at radius 2 is 1.79 bits per heavy atom. The number of anilines is 2. The molecular weight excluding hydrogens is 372 g/mol. The van der Waals surface area contributed by atoms with Crippen LogP contribution in [0.3, 0.4) is 0 Å². The van der Waals surface area contributed by atoms with Gasteiger partial charge >= 0.3 is 5.97 Å². The SMILES string of the molecule is CCOC(=O)c1cnn(-c2ccccc2)c1NC(=O)c1cccc(NC(C)=O)c1. The number of ether oxygens (including phenoxy) is 1. The van der Waals surface area contributed by atoms with Crippen LogP contribution in [-0.4, -0.2) is 34.2 Å². The maximum atomic E-state index is 12.8. The molecule has 0 aliphatic heterocycles. The first-order valence-electron chi connectivity index (χ1n) is 8.99. The van der Waals surface area contributed by atoms with Gasteiger partial charge in [-0.15, -0.1) is 0 Å². The molecule has 0 radical (unpaired) electrons. The number of rotatable bonds is 6. The maximum absolute atomic E-state index is 12.8. The molecule has 1 heterocycles. The van der Waals surface area contributed by atoms with E-state index in [9.17, 15) is 14.4 Å². The van der Waals surface area contributed by atoms with Crippen LogP contribution in [-0.2, 0) is 9.53 Å². The van der Waals surface area contributed by atoms with Crippen molar-refractivity contribution >= 4 is 29.3 Å². The second-order valence-electron chi connectivity index (χ2n) is 6.09. The summed E-state index contributed by atoms with van der Waals surface area (Å²) in [5, 5.41) is 9.61. The van der Waals surface area contributed by atoms with Gasteiger partial charge in [-0.3, -0.25) is 9.59 Å².